The maximum absolute atomic E-state index is 8.11. The molecule has 0 radical (unpaired) electrons. The quantitative estimate of drug-likeness (QED) is 0.458. The lowest BCUT2D eigenvalue weighted by atomic mass is 10.3. The van der Waals surface area contributed by atoms with E-state index < -0.39 is 0 Å². The first-order valence-corrected chi connectivity index (χ1v) is 3.65. The summed E-state index contributed by atoms with van der Waals surface area (Å²) in [6.07, 6.45) is 0. The van der Waals surface area contributed by atoms with E-state index in [9.17, 15) is 0 Å². The molecule has 0 bridgehead atoms. The van der Waals surface area contributed by atoms with E-state index in [4.69, 9.17) is 20.2 Å². The third-order valence-corrected chi connectivity index (χ3v) is 0.667. The van der Waals surface area contributed by atoms with Crippen molar-refractivity contribution in [1.29, 1.82) is 0 Å². The van der Waals surface area contributed by atoms with Crippen LogP contribution in [0.25, 0.3) is 0 Å². The maximum Gasteiger partial charge on any atom is 0.152 e. The second-order valence-corrected chi connectivity index (χ2v) is 2.64. The van der Waals surface area contributed by atoms with Crippen LogP contribution < -0.4 is 5.32 Å². The molecule has 7 heteroatoms. The molecular weight excluding hydrogens is 178 g/mol. The topological polar surface area (TPSA) is 111 Å². The molecule has 0 rings (SSSR count). The molecule has 0 spiro atoms. The molecule has 13 heavy (non-hydrogen) atoms. The maximum atomic E-state index is 8.11. The van der Waals surface area contributed by atoms with Gasteiger partial charge in [-0.15, -0.1) is 9.81 Å². The number of hydrogen-bond acceptors (Lipinski definition) is 5. The van der Waals surface area contributed by atoms with E-state index >= 15 is 0 Å². The van der Waals surface area contributed by atoms with Gasteiger partial charge in [0.25, 0.3) is 0 Å². The van der Waals surface area contributed by atoms with E-state index in [1.807, 2.05) is 0 Å². The molecule has 0 aliphatic rings. The normalized spacial score (nSPS) is 7.85. The van der Waals surface area contributed by atoms with Gasteiger partial charge in [0, 0.05) is 12.1 Å². The van der Waals surface area contributed by atoms with Crippen molar-refractivity contribution >= 4 is 0 Å². The standard InChI is InChI=1S/C6H15N.2HNO2/c1-5(2)7-6(3)4;2*2-1-3/h5-7H,1-4H3;2*(H,2,3). The average Bonchev–Trinajstić information content (AvgIpc) is 1.86. The summed E-state index contributed by atoms with van der Waals surface area (Å²) in [6, 6.07) is 1.25. The van der Waals surface area contributed by atoms with E-state index in [1.165, 1.54) is 10.7 Å². The van der Waals surface area contributed by atoms with E-state index in [0.29, 0.717) is 12.1 Å². The number of nitrogens with zero attached hydrogens (tertiary/aromatic N) is 2. The predicted molar refractivity (Wildman–Crippen MR) is 48.6 cm³/mol. The molecule has 0 heterocycles. The van der Waals surface area contributed by atoms with Gasteiger partial charge in [-0.1, -0.05) is 27.7 Å². The van der Waals surface area contributed by atoms with Gasteiger partial charge >= 0.3 is 0 Å². The van der Waals surface area contributed by atoms with E-state index in [-0.39, 0.29) is 0 Å². The fraction of sp³-hybridized carbons (Fsp3) is 1.00. The Labute approximate surface area is 77.0 Å². The van der Waals surface area contributed by atoms with Crippen LogP contribution in [0.5, 0.6) is 0 Å². The minimum atomic E-state index is 0.625. The summed E-state index contributed by atoms with van der Waals surface area (Å²) < 4.78 is 0. The van der Waals surface area contributed by atoms with E-state index in [1.54, 1.807) is 0 Å². The number of hydrogen-bond donors (Lipinski definition) is 3. The Morgan fingerprint density at radius 2 is 1.08 bits per heavy atom. The van der Waals surface area contributed by atoms with Gasteiger partial charge in [0.05, 0.1) is 0 Å². The third kappa shape index (κ3) is 108. The molecule has 7 nitrogen and oxygen atoms in total. The van der Waals surface area contributed by atoms with Crippen LogP contribution in [0.15, 0.2) is 10.7 Å². The number of rotatable bonds is 2. The van der Waals surface area contributed by atoms with Gasteiger partial charge in [-0.2, -0.15) is 0 Å². The second kappa shape index (κ2) is 17.0. The Balaban J connectivity index is -0.000000140. The molecule has 80 valence electrons. The Kier molecular flexibility index (Phi) is 23.2. The fourth-order valence-electron chi connectivity index (χ4n) is 0.667. The van der Waals surface area contributed by atoms with Crippen molar-refractivity contribution < 1.29 is 10.4 Å². The summed E-state index contributed by atoms with van der Waals surface area (Å²) in [4.78, 5) is 16.2. The molecule has 3 N–H and O–H groups in total. The zero-order chi connectivity index (χ0) is 11.3. The first kappa shape index (κ1) is 17.7. The van der Waals surface area contributed by atoms with Crippen LogP contribution in [0.4, 0.5) is 0 Å². The van der Waals surface area contributed by atoms with Crippen molar-refractivity contribution in [3.8, 4) is 0 Å². The summed E-state index contributed by atoms with van der Waals surface area (Å²) in [6.45, 7) is 8.61. The van der Waals surface area contributed by atoms with Crippen LogP contribution in [0.1, 0.15) is 27.7 Å². The van der Waals surface area contributed by atoms with Crippen LogP contribution >= 0.6 is 0 Å². The van der Waals surface area contributed by atoms with Gasteiger partial charge < -0.3 is 15.7 Å². The van der Waals surface area contributed by atoms with Crippen molar-refractivity contribution in [2.45, 2.75) is 39.8 Å². The minimum absolute atomic E-state index is 0.625. The fourth-order valence-corrected chi connectivity index (χ4v) is 0.667. The number of nitrogens with one attached hydrogen (secondary N) is 1. The largest absolute Gasteiger partial charge is 0.379 e. The molecule has 0 aromatic rings. The van der Waals surface area contributed by atoms with Crippen LogP contribution in [0, 0.1) is 9.81 Å². The predicted octanol–water partition coefficient (Wildman–Crippen LogP) is 1.68. The summed E-state index contributed by atoms with van der Waals surface area (Å²) in [7, 11) is 0. The molecule has 0 saturated heterocycles. The smallest absolute Gasteiger partial charge is 0.152 e. The van der Waals surface area contributed by atoms with Gasteiger partial charge in [0.1, 0.15) is 0 Å². The first-order chi connectivity index (χ1) is 5.95. The molecule has 0 aromatic carbocycles. The highest BCUT2D eigenvalue weighted by Gasteiger charge is 1.92. The van der Waals surface area contributed by atoms with Crippen molar-refractivity contribution in [3.05, 3.63) is 9.81 Å². The molecule has 0 saturated carbocycles. The molecule has 0 aromatic heterocycles. The van der Waals surface area contributed by atoms with Gasteiger partial charge in [-0.3, -0.25) is 0 Å². The molecule has 0 aliphatic heterocycles. The third-order valence-electron chi connectivity index (χ3n) is 0.667. The van der Waals surface area contributed by atoms with Gasteiger partial charge in [0.15, 0.2) is 10.7 Å². The van der Waals surface area contributed by atoms with Gasteiger partial charge in [-0.25, -0.2) is 0 Å². The monoisotopic (exact) mass is 195 g/mol. The lowest BCUT2D eigenvalue weighted by Crippen LogP contribution is -2.29. The zero-order valence-electron chi connectivity index (χ0n) is 8.26. The molecule has 0 atom stereocenters. The second-order valence-electron chi connectivity index (χ2n) is 2.64. The highest BCUT2D eigenvalue weighted by molar-refractivity contribution is 4.55. The van der Waals surface area contributed by atoms with Crippen LogP contribution in [0.3, 0.4) is 0 Å². The lowest BCUT2D eigenvalue weighted by Gasteiger charge is -2.10. The van der Waals surface area contributed by atoms with Gasteiger partial charge in [-0.05, 0) is 0 Å². The molecule has 0 amide bonds. The van der Waals surface area contributed by atoms with Crippen molar-refractivity contribution in [2.75, 3.05) is 0 Å². The lowest BCUT2D eigenvalue weighted by molar-refractivity contribution is 0.312. The van der Waals surface area contributed by atoms with E-state index in [2.05, 4.69) is 33.0 Å². The Morgan fingerprint density at radius 1 is 0.923 bits per heavy atom. The van der Waals surface area contributed by atoms with Gasteiger partial charge in [0.2, 0.25) is 0 Å². The minimum Gasteiger partial charge on any atom is -0.379 e. The first-order valence-electron chi connectivity index (χ1n) is 3.65. The summed E-state index contributed by atoms with van der Waals surface area (Å²) >= 11 is 0. The zero-order valence-corrected chi connectivity index (χ0v) is 8.26. The summed E-state index contributed by atoms with van der Waals surface area (Å²) in [5.41, 5.74) is 0. The van der Waals surface area contributed by atoms with E-state index in [0.717, 1.165) is 0 Å². The van der Waals surface area contributed by atoms with Crippen LogP contribution in [-0.4, -0.2) is 22.5 Å². The summed E-state index contributed by atoms with van der Waals surface area (Å²) in [5, 5.41) is 19.1. The van der Waals surface area contributed by atoms with Crippen molar-refractivity contribution in [1.82, 2.24) is 5.32 Å². The highest BCUT2D eigenvalue weighted by atomic mass is 16.6. The van der Waals surface area contributed by atoms with Crippen LogP contribution in [0.2, 0.25) is 0 Å². The average molecular weight is 195 g/mol. The van der Waals surface area contributed by atoms with Crippen molar-refractivity contribution in [2.24, 2.45) is 10.7 Å². The molecule has 0 aliphatic carbocycles. The molecule has 0 fully saturated rings. The summed E-state index contributed by atoms with van der Waals surface area (Å²) in [5.74, 6) is 0. The Bertz CT molecular complexity index is 96.1. The van der Waals surface area contributed by atoms with Crippen LogP contribution in [-0.2, 0) is 0 Å². The van der Waals surface area contributed by atoms with Crippen molar-refractivity contribution in [3.63, 3.8) is 0 Å². The Morgan fingerprint density at radius 3 is 1.08 bits per heavy atom. The Hall–Kier alpha value is -1.24. The molecule has 0 unspecified atom stereocenters. The highest BCUT2D eigenvalue weighted by Crippen LogP contribution is 1.80. The molecular formula is C6H17N3O4. The SMILES string of the molecule is CC(C)NC(C)C.O=NO.O=NO.